The van der Waals surface area contributed by atoms with Gasteiger partial charge in [-0.3, -0.25) is 4.79 Å². The molecule has 0 amide bonds. The normalized spacial score (nSPS) is 13.6. The van der Waals surface area contributed by atoms with Gasteiger partial charge in [0.1, 0.15) is 11.0 Å². The number of nitrogens with one attached hydrogen (secondary N) is 1. The fourth-order valence-electron chi connectivity index (χ4n) is 4.07. The molecule has 0 saturated heterocycles. The maximum absolute atomic E-state index is 13.1. The van der Waals surface area contributed by atoms with Crippen LogP contribution in [0.3, 0.4) is 0 Å². The second-order valence-electron chi connectivity index (χ2n) is 8.77. The van der Waals surface area contributed by atoms with E-state index in [4.69, 9.17) is 4.74 Å². The van der Waals surface area contributed by atoms with Crippen molar-refractivity contribution in [2.45, 2.75) is 39.0 Å². The minimum Gasteiger partial charge on any atom is -0.384 e. The first kappa shape index (κ1) is 22.0. The van der Waals surface area contributed by atoms with Crippen LogP contribution in [0.15, 0.2) is 60.0 Å². The Balaban J connectivity index is 1.62. The minimum atomic E-state index is -1.14. The van der Waals surface area contributed by atoms with Crippen LogP contribution in [0.5, 0.6) is 0 Å². The molecule has 0 radical (unpaired) electrons. The molecule has 2 N–H and O–H groups in total. The molecule has 1 aliphatic rings. The first-order valence-corrected chi connectivity index (χ1v) is 11.1. The van der Waals surface area contributed by atoms with Crippen molar-refractivity contribution < 1.29 is 9.84 Å². The molecule has 0 spiro atoms. The van der Waals surface area contributed by atoms with Gasteiger partial charge in [-0.1, -0.05) is 18.2 Å². The van der Waals surface area contributed by atoms with Gasteiger partial charge in [-0.05, 0) is 55.7 Å². The van der Waals surface area contributed by atoms with Crippen molar-refractivity contribution >= 4 is 22.7 Å². The van der Waals surface area contributed by atoms with E-state index in [1.54, 1.807) is 42.8 Å². The van der Waals surface area contributed by atoms with Gasteiger partial charge in [0, 0.05) is 11.9 Å². The molecule has 0 unspecified atom stereocenters. The summed E-state index contributed by atoms with van der Waals surface area (Å²) >= 11 is 0. The van der Waals surface area contributed by atoms with Crippen molar-refractivity contribution in [3.8, 4) is 5.82 Å². The van der Waals surface area contributed by atoms with Gasteiger partial charge in [0.2, 0.25) is 5.95 Å². The molecule has 4 heterocycles. The summed E-state index contributed by atoms with van der Waals surface area (Å²) in [6.07, 6.45) is 4.06. The molecule has 34 heavy (non-hydrogen) atoms. The molecule has 174 valence electrons. The van der Waals surface area contributed by atoms with E-state index in [1.165, 1.54) is 16.4 Å². The predicted molar refractivity (Wildman–Crippen MR) is 129 cm³/mol. The lowest BCUT2D eigenvalue weighted by molar-refractivity contribution is 0.0738. The first-order chi connectivity index (χ1) is 16.3. The topological polar surface area (TPSA) is 107 Å². The van der Waals surface area contributed by atoms with Gasteiger partial charge in [-0.15, -0.1) is 6.58 Å². The summed E-state index contributed by atoms with van der Waals surface area (Å²) < 4.78 is 8.71. The second-order valence-corrected chi connectivity index (χ2v) is 8.77. The van der Waals surface area contributed by atoms with Crippen LogP contribution >= 0.6 is 0 Å². The minimum absolute atomic E-state index is 0.247. The number of nitrogens with zero attached hydrogens (tertiary/aromatic N) is 5. The van der Waals surface area contributed by atoms with Crippen LogP contribution in [0.25, 0.3) is 16.9 Å². The number of hydrogen-bond acceptors (Lipinski definition) is 7. The number of aromatic nitrogens is 5. The molecule has 4 aromatic rings. The van der Waals surface area contributed by atoms with Crippen LogP contribution in [0.4, 0.5) is 11.6 Å². The standard InChI is InChI=1S/C25H26N6O3/c1-4-11-30-23(32)19-14-26-24(27-18-9-8-16-10-12-34-15-17(16)13-18)29-22(19)31(30)21-7-5-6-20(28-21)25(2,3)33/h4-9,13-14,33H,1,10-12,15H2,2-3H3,(H,26,27,29). The lowest BCUT2D eigenvalue weighted by Crippen LogP contribution is -2.23. The van der Waals surface area contributed by atoms with Gasteiger partial charge in [-0.25, -0.2) is 19.3 Å². The van der Waals surface area contributed by atoms with Gasteiger partial charge in [-0.2, -0.15) is 4.98 Å². The Hall–Kier alpha value is -3.82. The van der Waals surface area contributed by atoms with E-state index < -0.39 is 5.60 Å². The summed E-state index contributed by atoms with van der Waals surface area (Å²) in [6, 6.07) is 11.4. The number of anilines is 2. The molecule has 0 bridgehead atoms. The average molecular weight is 459 g/mol. The highest BCUT2D eigenvalue weighted by molar-refractivity contribution is 5.77. The molecule has 0 fully saturated rings. The van der Waals surface area contributed by atoms with E-state index in [2.05, 4.69) is 32.9 Å². The first-order valence-electron chi connectivity index (χ1n) is 11.1. The molecule has 9 heteroatoms. The van der Waals surface area contributed by atoms with Crippen molar-refractivity contribution in [1.82, 2.24) is 24.3 Å². The van der Waals surface area contributed by atoms with E-state index in [-0.39, 0.29) is 12.1 Å². The van der Waals surface area contributed by atoms with E-state index >= 15 is 0 Å². The van der Waals surface area contributed by atoms with Gasteiger partial charge in [0.25, 0.3) is 5.56 Å². The van der Waals surface area contributed by atoms with Gasteiger partial charge >= 0.3 is 0 Å². The van der Waals surface area contributed by atoms with Crippen molar-refractivity contribution in [2.75, 3.05) is 11.9 Å². The number of fused-ring (bicyclic) bond motifs is 2. The lowest BCUT2D eigenvalue weighted by atomic mass is 10.0. The Labute approximate surface area is 196 Å². The summed E-state index contributed by atoms with van der Waals surface area (Å²) in [7, 11) is 0. The van der Waals surface area contributed by atoms with E-state index in [1.807, 2.05) is 12.1 Å². The van der Waals surface area contributed by atoms with Crippen molar-refractivity contribution in [2.24, 2.45) is 0 Å². The highest BCUT2D eigenvalue weighted by Gasteiger charge is 2.22. The lowest BCUT2D eigenvalue weighted by Gasteiger charge is -2.18. The monoisotopic (exact) mass is 458 g/mol. The van der Waals surface area contributed by atoms with Crippen molar-refractivity contribution in [1.29, 1.82) is 0 Å². The number of rotatable bonds is 6. The van der Waals surface area contributed by atoms with Crippen LogP contribution < -0.4 is 10.9 Å². The van der Waals surface area contributed by atoms with E-state index in [0.717, 1.165) is 24.3 Å². The smallest absolute Gasteiger partial charge is 0.278 e. The summed E-state index contributed by atoms with van der Waals surface area (Å²) in [5, 5.41) is 14.0. The molecule has 0 aliphatic carbocycles. The summed E-state index contributed by atoms with van der Waals surface area (Å²) in [5.41, 5.74) is 2.76. The molecule has 0 saturated carbocycles. The number of allylic oxidation sites excluding steroid dienone is 1. The Morgan fingerprint density at radius 2 is 2.09 bits per heavy atom. The molecule has 9 nitrogen and oxygen atoms in total. The maximum Gasteiger partial charge on any atom is 0.278 e. The maximum atomic E-state index is 13.1. The molecule has 1 aliphatic heterocycles. The highest BCUT2D eigenvalue weighted by Crippen LogP contribution is 2.24. The Morgan fingerprint density at radius 1 is 1.24 bits per heavy atom. The van der Waals surface area contributed by atoms with Crippen LogP contribution in [0.2, 0.25) is 0 Å². The van der Waals surface area contributed by atoms with Crippen molar-refractivity contribution in [3.63, 3.8) is 0 Å². The number of pyridine rings is 1. The SMILES string of the molecule is C=CCn1c(=O)c2cnc(Nc3ccc4c(c3)COCC4)nc2n1-c1cccc(C(C)(C)O)n1. The number of hydrogen-bond donors (Lipinski definition) is 2. The van der Waals surface area contributed by atoms with Crippen LogP contribution in [0, 0.1) is 0 Å². The highest BCUT2D eigenvalue weighted by atomic mass is 16.5. The zero-order chi connectivity index (χ0) is 23.9. The fourth-order valence-corrected chi connectivity index (χ4v) is 4.07. The average Bonchev–Trinajstić information content (AvgIpc) is 3.10. The van der Waals surface area contributed by atoms with Crippen LogP contribution in [-0.4, -0.2) is 36.0 Å². The third kappa shape index (κ3) is 4.00. The van der Waals surface area contributed by atoms with Crippen LogP contribution in [0.1, 0.15) is 30.7 Å². The van der Waals surface area contributed by atoms with Gasteiger partial charge < -0.3 is 15.2 Å². The fraction of sp³-hybridized carbons (Fsp3) is 0.280. The number of ether oxygens (including phenoxy) is 1. The zero-order valence-electron chi connectivity index (χ0n) is 19.2. The second kappa shape index (κ2) is 8.51. The van der Waals surface area contributed by atoms with Crippen molar-refractivity contribution in [3.05, 3.63) is 82.4 Å². The van der Waals surface area contributed by atoms with Gasteiger partial charge in [0.15, 0.2) is 11.5 Å². The molecular weight excluding hydrogens is 432 g/mol. The van der Waals surface area contributed by atoms with Gasteiger partial charge in [0.05, 0.1) is 25.5 Å². The van der Waals surface area contributed by atoms with E-state index in [0.29, 0.717) is 35.1 Å². The molecule has 3 aromatic heterocycles. The molecule has 5 rings (SSSR count). The molecular formula is C25H26N6O3. The summed E-state index contributed by atoms with van der Waals surface area (Å²) in [6.45, 7) is 8.68. The largest absolute Gasteiger partial charge is 0.384 e. The zero-order valence-corrected chi connectivity index (χ0v) is 19.2. The molecule has 0 atom stereocenters. The summed E-state index contributed by atoms with van der Waals surface area (Å²) in [5.74, 6) is 0.816. The third-order valence-electron chi connectivity index (χ3n) is 5.79. The quantitative estimate of drug-likeness (QED) is 0.427. The third-order valence-corrected chi connectivity index (χ3v) is 5.79. The predicted octanol–water partition coefficient (Wildman–Crippen LogP) is 3.21. The molecule has 1 aromatic carbocycles. The Bertz CT molecular complexity index is 1450. The Kier molecular flexibility index (Phi) is 5.51. The van der Waals surface area contributed by atoms with Crippen LogP contribution in [-0.2, 0) is 29.9 Å². The van der Waals surface area contributed by atoms with E-state index in [9.17, 15) is 9.90 Å². The Morgan fingerprint density at radius 3 is 2.88 bits per heavy atom. The number of aliphatic hydroxyl groups is 1. The number of benzene rings is 1. The summed E-state index contributed by atoms with van der Waals surface area (Å²) in [4.78, 5) is 26.8.